The second-order valence-corrected chi connectivity index (χ2v) is 6.19. The van der Waals surface area contributed by atoms with Crippen LogP contribution in [0.4, 0.5) is 4.39 Å². The fourth-order valence-corrected chi connectivity index (χ4v) is 3.21. The van der Waals surface area contributed by atoms with Crippen molar-refractivity contribution < 1.29 is 4.39 Å². The number of nitrogens with zero attached hydrogens (tertiary/aromatic N) is 2. The topological polar surface area (TPSA) is 77.5 Å². The molecule has 3 rings (SSSR count). The van der Waals surface area contributed by atoms with Gasteiger partial charge in [0.2, 0.25) is 0 Å². The molecule has 1 atom stereocenters. The van der Waals surface area contributed by atoms with Crippen LogP contribution in [0.2, 0.25) is 0 Å². The van der Waals surface area contributed by atoms with E-state index in [9.17, 15) is 4.39 Å². The molecule has 0 bridgehead atoms. The highest BCUT2D eigenvalue weighted by molar-refractivity contribution is 5.95. The number of benzene rings is 1. The van der Waals surface area contributed by atoms with E-state index >= 15 is 0 Å². The van der Waals surface area contributed by atoms with Crippen LogP contribution in [0, 0.1) is 18.2 Å². The minimum absolute atomic E-state index is 0.00477. The van der Waals surface area contributed by atoms with Crippen molar-refractivity contribution in [3.05, 3.63) is 58.4 Å². The maximum absolute atomic E-state index is 13.7. The Hall–Kier alpha value is -2.63. The molecular weight excluding hydrogens is 305 g/mol. The van der Waals surface area contributed by atoms with Crippen LogP contribution in [0.15, 0.2) is 46.5 Å². The number of aryl methyl sites for hydroxylation is 1. The number of hydrogen-bond donors (Lipinski definition) is 3. The van der Waals surface area contributed by atoms with Gasteiger partial charge < -0.3 is 16.0 Å². The summed E-state index contributed by atoms with van der Waals surface area (Å²) < 4.78 is 13.7. The smallest absolute Gasteiger partial charge is 0.138 e. The molecular formula is C18H22FN5. The van der Waals surface area contributed by atoms with E-state index in [-0.39, 0.29) is 17.7 Å². The van der Waals surface area contributed by atoms with Gasteiger partial charge in [-0.2, -0.15) is 0 Å². The molecule has 1 fully saturated rings. The van der Waals surface area contributed by atoms with E-state index in [1.165, 1.54) is 6.07 Å². The Kier molecular flexibility index (Phi) is 4.38. The lowest BCUT2D eigenvalue weighted by molar-refractivity contribution is 0.307. The molecule has 5 nitrogen and oxygen atoms in total. The van der Waals surface area contributed by atoms with Gasteiger partial charge in [-0.05, 0) is 56.0 Å². The van der Waals surface area contributed by atoms with Crippen LogP contribution >= 0.6 is 0 Å². The van der Waals surface area contributed by atoms with Crippen LogP contribution in [0.25, 0.3) is 0 Å². The van der Waals surface area contributed by atoms with Gasteiger partial charge in [0.15, 0.2) is 0 Å². The molecule has 1 unspecified atom stereocenters. The lowest BCUT2D eigenvalue weighted by Crippen LogP contribution is -2.34. The monoisotopic (exact) mass is 327 g/mol. The molecule has 1 saturated heterocycles. The van der Waals surface area contributed by atoms with Gasteiger partial charge >= 0.3 is 0 Å². The van der Waals surface area contributed by atoms with Crippen molar-refractivity contribution in [3.63, 3.8) is 0 Å². The number of hydrogen-bond acceptors (Lipinski definition) is 4. The van der Waals surface area contributed by atoms with E-state index in [0.29, 0.717) is 11.4 Å². The van der Waals surface area contributed by atoms with E-state index in [2.05, 4.69) is 15.2 Å². The number of aliphatic imine (C=N–C) groups is 1. The number of nitrogens with two attached hydrogens (primary N) is 1. The largest absolute Gasteiger partial charge is 0.384 e. The molecule has 0 amide bonds. The van der Waals surface area contributed by atoms with E-state index in [4.69, 9.17) is 11.1 Å². The van der Waals surface area contributed by atoms with Crippen molar-refractivity contribution in [3.8, 4) is 0 Å². The molecule has 6 heteroatoms. The summed E-state index contributed by atoms with van der Waals surface area (Å²) in [6.45, 7) is 4.67. The molecule has 0 spiro atoms. The first-order valence-electron chi connectivity index (χ1n) is 8.06. The Morgan fingerprint density at radius 3 is 3.00 bits per heavy atom. The first kappa shape index (κ1) is 16.2. The standard InChI is InChI=1S/C18H22FN5/c1-11-5-6-13(19)10-14(11)15-4-3-9-24(15)16-7-8-22-18(23-16)12(2)17(20)21/h5-8,10,15,23H,3-4,9H2,1-2H3,(H3,20,21)/b18-12+. The summed E-state index contributed by atoms with van der Waals surface area (Å²) in [7, 11) is 0. The molecule has 24 heavy (non-hydrogen) atoms. The molecule has 2 aliphatic heterocycles. The molecule has 2 aliphatic rings. The lowest BCUT2D eigenvalue weighted by Gasteiger charge is -2.32. The Morgan fingerprint density at radius 1 is 1.46 bits per heavy atom. The van der Waals surface area contributed by atoms with Crippen LogP contribution in [-0.4, -0.2) is 23.5 Å². The van der Waals surface area contributed by atoms with Gasteiger partial charge in [-0.15, -0.1) is 0 Å². The van der Waals surface area contributed by atoms with Gasteiger partial charge in [0.25, 0.3) is 0 Å². The summed E-state index contributed by atoms with van der Waals surface area (Å²) in [6, 6.07) is 5.09. The van der Waals surface area contributed by atoms with Gasteiger partial charge in [0.1, 0.15) is 23.3 Å². The SMILES string of the molecule is C/C(C(=N)N)=C1/N=CC=C(N2CCCC2c2cc(F)ccc2C)N1. The first-order valence-corrected chi connectivity index (χ1v) is 8.06. The van der Waals surface area contributed by atoms with Crippen LogP contribution in [0.1, 0.15) is 36.9 Å². The second-order valence-electron chi connectivity index (χ2n) is 6.19. The molecule has 4 N–H and O–H groups in total. The lowest BCUT2D eigenvalue weighted by atomic mass is 9.99. The molecule has 0 aromatic heterocycles. The van der Waals surface area contributed by atoms with Crippen molar-refractivity contribution in [2.75, 3.05) is 6.54 Å². The van der Waals surface area contributed by atoms with Gasteiger partial charge in [0.05, 0.1) is 6.04 Å². The molecule has 0 saturated carbocycles. The third-order valence-corrected chi connectivity index (χ3v) is 4.60. The fraction of sp³-hybridized carbons (Fsp3) is 0.333. The summed E-state index contributed by atoms with van der Waals surface area (Å²) >= 11 is 0. The maximum Gasteiger partial charge on any atom is 0.138 e. The summed E-state index contributed by atoms with van der Waals surface area (Å²) in [5, 5.41) is 10.8. The zero-order chi connectivity index (χ0) is 17.3. The van der Waals surface area contributed by atoms with Crippen molar-refractivity contribution in [1.82, 2.24) is 10.2 Å². The number of nitrogens with one attached hydrogen (secondary N) is 2. The minimum atomic E-state index is -0.206. The third-order valence-electron chi connectivity index (χ3n) is 4.60. The van der Waals surface area contributed by atoms with Gasteiger partial charge in [-0.3, -0.25) is 5.41 Å². The van der Waals surface area contributed by atoms with Crippen molar-refractivity contribution in [2.24, 2.45) is 10.7 Å². The number of likely N-dealkylation sites (tertiary alicyclic amines) is 1. The molecule has 126 valence electrons. The average molecular weight is 327 g/mol. The molecule has 2 heterocycles. The van der Waals surface area contributed by atoms with E-state index in [0.717, 1.165) is 36.3 Å². The zero-order valence-corrected chi connectivity index (χ0v) is 13.9. The highest BCUT2D eigenvalue weighted by Gasteiger charge is 2.30. The Bertz CT molecular complexity index is 763. The van der Waals surface area contributed by atoms with Gasteiger partial charge in [-0.1, -0.05) is 6.07 Å². The third kappa shape index (κ3) is 3.04. The number of halogens is 1. The zero-order valence-electron chi connectivity index (χ0n) is 13.9. The summed E-state index contributed by atoms with van der Waals surface area (Å²) in [5.41, 5.74) is 8.28. The minimum Gasteiger partial charge on any atom is -0.384 e. The highest BCUT2D eigenvalue weighted by Crippen LogP contribution is 2.36. The second kappa shape index (κ2) is 6.47. The van der Waals surface area contributed by atoms with E-state index < -0.39 is 0 Å². The van der Waals surface area contributed by atoms with Crippen molar-refractivity contribution in [1.29, 1.82) is 5.41 Å². The van der Waals surface area contributed by atoms with Crippen LogP contribution in [0.5, 0.6) is 0 Å². The van der Waals surface area contributed by atoms with Gasteiger partial charge in [0, 0.05) is 18.3 Å². The Labute approximate surface area is 141 Å². The molecule has 1 aromatic rings. The van der Waals surface area contributed by atoms with Crippen molar-refractivity contribution >= 4 is 12.1 Å². The van der Waals surface area contributed by atoms with Crippen LogP contribution in [-0.2, 0) is 0 Å². The van der Waals surface area contributed by atoms with Crippen LogP contribution < -0.4 is 11.1 Å². The number of allylic oxidation sites excluding steroid dienone is 1. The fourth-order valence-electron chi connectivity index (χ4n) is 3.21. The summed E-state index contributed by atoms with van der Waals surface area (Å²) in [5.74, 6) is 1.28. The first-order chi connectivity index (χ1) is 11.5. The van der Waals surface area contributed by atoms with E-state index in [1.54, 1.807) is 19.2 Å². The maximum atomic E-state index is 13.7. The predicted octanol–water partition coefficient (Wildman–Crippen LogP) is 2.95. The Morgan fingerprint density at radius 2 is 2.25 bits per heavy atom. The van der Waals surface area contributed by atoms with Crippen molar-refractivity contribution in [2.45, 2.75) is 32.7 Å². The molecule has 1 aromatic carbocycles. The highest BCUT2D eigenvalue weighted by atomic mass is 19.1. The van der Waals surface area contributed by atoms with Gasteiger partial charge in [-0.25, -0.2) is 9.38 Å². The predicted molar refractivity (Wildman–Crippen MR) is 94.1 cm³/mol. The summed E-state index contributed by atoms with van der Waals surface area (Å²) in [4.78, 5) is 6.50. The quantitative estimate of drug-likeness (QED) is 0.590. The van der Waals surface area contributed by atoms with E-state index in [1.807, 2.05) is 19.1 Å². The molecule has 0 radical (unpaired) electrons. The normalized spacial score (nSPS) is 22.2. The number of amidine groups is 1. The summed E-state index contributed by atoms with van der Waals surface area (Å²) in [6.07, 6.45) is 5.64. The molecule has 0 aliphatic carbocycles. The number of rotatable bonds is 3. The Balaban J connectivity index is 1.90. The van der Waals surface area contributed by atoms with Crippen LogP contribution in [0.3, 0.4) is 0 Å². The average Bonchev–Trinajstić information content (AvgIpc) is 3.06.